The summed E-state index contributed by atoms with van der Waals surface area (Å²) in [5, 5.41) is 0. The van der Waals surface area contributed by atoms with Crippen molar-refractivity contribution in [3.05, 3.63) is 65.2 Å². The lowest BCUT2D eigenvalue weighted by molar-refractivity contribution is -0.137. The summed E-state index contributed by atoms with van der Waals surface area (Å²) in [6, 6.07) is 12.2. The first-order valence-corrected chi connectivity index (χ1v) is 6.51. The summed E-state index contributed by atoms with van der Waals surface area (Å²) < 4.78 is 43.4. The second-order valence-corrected chi connectivity index (χ2v) is 4.85. The maximum atomic E-state index is 12.6. The first-order valence-electron chi connectivity index (χ1n) is 6.51. The molecule has 2 aromatic rings. The van der Waals surface area contributed by atoms with Gasteiger partial charge in [0.1, 0.15) is 12.4 Å². The van der Waals surface area contributed by atoms with Crippen molar-refractivity contribution in [3.8, 4) is 5.75 Å². The molecular weight excluding hydrogens is 279 g/mol. The van der Waals surface area contributed by atoms with Gasteiger partial charge < -0.3 is 10.5 Å². The lowest BCUT2D eigenvalue weighted by Crippen LogP contribution is -2.07. The zero-order valence-electron chi connectivity index (χ0n) is 11.5. The van der Waals surface area contributed by atoms with Gasteiger partial charge in [0.05, 0.1) is 5.56 Å². The van der Waals surface area contributed by atoms with Gasteiger partial charge in [0.15, 0.2) is 0 Å². The smallest absolute Gasteiger partial charge is 0.416 e. The SMILES string of the molecule is C[C@@H](N)c1cccc(OCc2cccc(C(F)(F)F)c2)c1. The molecule has 2 N–H and O–H groups in total. The van der Waals surface area contributed by atoms with Crippen LogP contribution in [0.2, 0.25) is 0 Å². The fraction of sp³-hybridized carbons (Fsp3) is 0.250. The molecule has 0 aromatic heterocycles. The Morgan fingerprint density at radius 2 is 1.81 bits per heavy atom. The van der Waals surface area contributed by atoms with Crippen molar-refractivity contribution in [2.75, 3.05) is 0 Å². The average Bonchev–Trinajstić information content (AvgIpc) is 2.45. The van der Waals surface area contributed by atoms with Gasteiger partial charge in [-0.3, -0.25) is 0 Å². The Labute approximate surface area is 121 Å². The van der Waals surface area contributed by atoms with Crippen molar-refractivity contribution in [1.82, 2.24) is 0 Å². The minimum absolute atomic E-state index is 0.0757. The van der Waals surface area contributed by atoms with E-state index in [0.717, 1.165) is 17.7 Å². The number of benzene rings is 2. The molecule has 112 valence electrons. The Morgan fingerprint density at radius 1 is 1.10 bits per heavy atom. The van der Waals surface area contributed by atoms with Crippen LogP contribution in [0, 0.1) is 0 Å². The van der Waals surface area contributed by atoms with E-state index in [4.69, 9.17) is 10.5 Å². The van der Waals surface area contributed by atoms with Crippen molar-refractivity contribution in [2.24, 2.45) is 5.73 Å². The lowest BCUT2D eigenvalue weighted by atomic mass is 10.1. The van der Waals surface area contributed by atoms with E-state index < -0.39 is 11.7 Å². The monoisotopic (exact) mass is 295 g/mol. The van der Waals surface area contributed by atoms with Gasteiger partial charge in [-0.25, -0.2) is 0 Å². The van der Waals surface area contributed by atoms with E-state index in [1.165, 1.54) is 6.07 Å². The van der Waals surface area contributed by atoms with E-state index >= 15 is 0 Å². The molecule has 5 heteroatoms. The molecule has 0 aliphatic heterocycles. The van der Waals surface area contributed by atoms with Crippen LogP contribution in [-0.2, 0) is 12.8 Å². The standard InChI is InChI=1S/C16H16F3NO/c1-11(20)13-5-3-7-15(9-13)21-10-12-4-2-6-14(8-12)16(17,18)19/h2-9,11H,10,20H2,1H3/t11-/m1/s1. The predicted molar refractivity (Wildman–Crippen MR) is 74.8 cm³/mol. The second-order valence-electron chi connectivity index (χ2n) is 4.85. The van der Waals surface area contributed by atoms with Gasteiger partial charge in [-0.05, 0) is 42.3 Å². The predicted octanol–water partition coefficient (Wildman–Crippen LogP) is 4.30. The molecule has 2 nitrogen and oxygen atoms in total. The topological polar surface area (TPSA) is 35.2 Å². The quantitative estimate of drug-likeness (QED) is 0.912. The molecule has 0 bridgehead atoms. The zero-order valence-corrected chi connectivity index (χ0v) is 11.5. The summed E-state index contributed by atoms with van der Waals surface area (Å²) in [6.07, 6.45) is -4.34. The molecule has 0 saturated heterocycles. The van der Waals surface area contributed by atoms with Crippen LogP contribution in [0.25, 0.3) is 0 Å². The molecule has 1 atom stereocenters. The number of nitrogens with two attached hydrogens (primary N) is 1. The maximum Gasteiger partial charge on any atom is 0.416 e. The van der Waals surface area contributed by atoms with Crippen LogP contribution in [0.5, 0.6) is 5.75 Å². The Balaban J connectivity index is 2.08. The number of alkyl halides is 3. The summed E-state index contributed by atoms with van der Waals surface area (Å²) in [6.45, 7) is 1.93. The molecule has 0 amide bonds. The van der Waals surface area contributed by atoms with E-state index in [2.05, 4.69) is 0 Å². The molecule has 0 spiro atoms. The molecule has 21 heavy (non-hydrogen) atoms. The normalized spacial score (nSPS) is 13.0. The fourth-order valence-corrected chi connectivity index (χ4v) is 1.89. The van der Waals surface area contributed by atoms with Crippen molar-refractivity contribution in [3.63, 3.8) is 0 Å². The van der Waals surface area contributed by atoms with Crippen LogP contribution < -0.4 is 10.5 Å². The van der Waals surface area contributed by atoms with E-state index in [9.17, 15) is 13.2 Å². The summed E-state index contributed by atoms with van der Waals surface area (Å²) in [5.74, 6) is 0.585. The number of halogens is 3. The molecule has 0 saturated carbocycles. The third-order valence-corrected chi connectivity index (χ3v) is 3.04. The average molecular weight is 295 g/mol. The highest BCUT2D eigenvalue weighted by molar-refractivity contribution is 5.31. The van der Waals surface area contributed by atoms with Crippen molar-refractivity contribution in [2.45, 2.75) is 25.7 Å². The van der Waals surface area contributed by atoms with Gasteiger partial charge in [0, 0.05) is 6.04 Å². The van der Waals surface area contributed by atoms with Crippen LogP contribution in [-0.4, -0.2) is 0 Å². The molecule has 0 aliphatic rings. The van der Waals surface area contributed by atoms with Gasteiger partial charge in [-0.2, -0.15) is 13.2 Å². The minimum Gasteiger partial charge on any atom is -0.489 e. The van der Waals surface area contributed by atoms with Crippen LogP contribution in [0.1, 0.15) is 29.7 Å². The number of rotatable bonds is 4. The highest BCUT2D eigenvalue weighted by Gasteiger charge is 2.30. The van der Waals surface area contributed by atoms with Crippen LogP contribution in [0.3, 0.4) is 0 Å². The Morgan fingerprint density at radius 3 is 2.48 bits per heavy atom. The first-order chi connectivity index (χ1) is 9.86. The van der Waals surface area contributed by atoms with Crippen LogP contribution in [0.4, 0.5) is 13.2 Å². The molecule has 0 radical (unpaired) electrons. The Hall–Kier alpha value is -2.01. The van der Waals surface area contributed by atoms with E-state index in [1.54, 1.807) is 24.3 Å². The summed E-state index contributed by atoms with van der Waals surface area (Å²) in [4.78, 5) is 0. The highest BCUT2D eigenvalue weighted by atomic mass is 19.4. The second kappa shape index (κ2) is 6.18. The molecule has 2 aromatic carbocycles. The minimum atomic E-state index is -4.34. The van der Waals surface area contributed by atoms with Crippen LogP contribution in [0.15, 0.2) is 48.5 Å². The molecule has 0 unspecified atom stereocenters. The van der Waals surface area contributed by atoms with Gasteiger partial charge in [0.25, 0.3) is 0 Å². The fourth-order valence-electron chi connectivity index (χ4n) is 1.89. The Kier molecular flexibility index (Phi) is 4.53. The Bertz CT molecular complexity index is 608. The van der Waals surface area contributed by atoms with Crippen molar-refractivity contribution >= 4 is 0 Å². The molecular formula is C16H16F3NO. The first kappa shape index (κ1) is 15.4. The van der Waals surface area contributed by atoms with E-state index in [1.807, 2.05) is 13.0 Å². The maximum absolute atomic E-state index is 12.6. The summed E-state index contributed by atoms with van der Waals surface area (Å²) in [5.41, 5.74) is 6.49. The zero-order chi connectivity index (χ0) is 15.5. The third-order valence-electron chi connectivity index (χ3n) is 3.04. The van der Waals surface area contributed by atoms with Gasteiger partial charge in [-0.1, -0.05) is 24.3 Å². The van der Waals surface area contributed by atoms with Gasteiger partial charge in [-0.15, -0.1) is 0 Å². The van der Waals surface area contributed by atoms with Crippen LogP contribution >= 0.6 is 0 Å². The molecule has 0 aliphatic carbocycles. The lowest BCUT2D eigenvalue weighted by Gasteiger charge is -2.11. The number of hydrogen-bond acceptors (Lipinski definition) is 2. The number of ether oxygens (including phenoxy) is 1. The largest absolute Gasteiger partial charge is 0.489 e. The van der Waals surface area contributed by atoms with E-state index in [-0.39, 0.29) is 12.6 Å². The molecule has 2 rings (SSSR count). The third kappa shape index (κ3) is 4.23. The number of hydrogen-bond donors (Lipinski definition) is 1. The summed E-state index contributed by atoms with van der Waals surface area (Å²) in [7, 11) is 0. The molecule has 0 fully saturated rings. The van der Waals surface area contributed by atoms with Crippen molar-refractivity contribution < 1.29 is 17.9 Å². The highest BCUT2D eigenvalue weighted by Crippen LogP contribution is 2.29. The van der Waals surface area contributed by atoms with Crippen molar-refractivity contribution in [1.29, 1.82) is 0 Å². The molecule has 0 heterocycles. The van der Waals surface area contributed by atoms with E-state index in [0.29, 0.717) is 11.3 Å². The van der Waals surface area contributed by atoms with Gasteiger partial charge in [0.2, 0.25) is 0 Å². The summed E-state index contributed by atoms with van der Waals surface area (Å²) >= 11 is 0. The van der Waals surface area contributed by atoms with Gasteiger partial charge >= 0.3 is 6.18 Å².